The molecule has 0 saturated heterocycles. The molecular formula is C24H29N3O4. The van der Waals surface area contributed by atoms with Crippen molar-refractivity contribution >= 4 is 5.91 Å². The molecule has 0 aliphatic rings. The number of nitrogens with one attached hydrogen (secondary N) is 1. The fourth-order valence-corrected chi connectivity index (χ4v) is 2.98. The molecule has 2 aromatic carbocycles. The zero-order valence-electron chi connectivity index (χ0n) is 18.6. The van der Waals surface area contributed by atoms with Crippen molar-refractivity contribution in [2.45, 2.75) is 52.2 Å². The summed E-state index contributed by atoms with van der Waals surface area (Å²) in [5.41, 5.74) is 2.08. The smallest absolute Gasteiger partial charge is 0.261 e. The topological polar surface area (TPSA) is 86.5 Å². The van der Waals surface area contributed by atoms with E-state index >= 15 is 0 Å². The number of rotatable bonds is 8. The minimum Gasteiger partial charge on any atom is -0.497 e. The summed E-state index contributed by atoms with van der Waals surface area (Å²) in [6.45, 7) is 8.50. The highest BCUT2D eigenvalue weighted by Crippen LogP contribution is 2.25. The third-order valence-electron chi connectivity index (χ3n) is 4.89. The predicted molar refractivity (Wildman–Crippen MR) is 118 cm³/mol. The molecule has 7 nitrogen and oxygen atoms in total. The van der Waals surface area contributed by atoms with E-state index in [1.54, 1.807) is 7.11 Å². The Morgan fingerprint density at radius 1 is 1.06 bits per heavy atom. The summed E-state index contributed by atoms with van der Waals surface area (Å²) in [7, 11) is 1.61. The first-order valence-electron chi connectivity index (χ1n) is 10.3. The molecule has 0 spiro atoms. The van der Waals surface area contributed by atoms with Gasteiger partial charge in [-0.3, -0.25) is 4.79 Å². The molecule has 1 heterocycles. The number of nitrogens with zero attached hydrogens (tertiary/aromatic N) is 2. The number of methoxy groups -OCH3 is 1. The lowest BCUT2D eigenvalue weighted by molar-refractivity contribution is -0.128. The first-order chi connectivity index (χ1) is 14.8. The summed E-state index contributed by atoms with van der Waals surface area (Å²) in [5, 5.41) is 6.78. The third-order valence-corrected chi connectivity index (χ3v) is 4.89. The van der Waals surface area contributed by atoms with Crippen molar-refractivity contribution in [2.24, 2.45) is 0 Å². The van der Waals surface area contributed by atoms with Gasteiger partial charge in [-0.2, -0.15) is 4.98 Å². The Balaban J connectivity index is 1.57. The van der Waals surface area contributed by atoms with E-state index in [9.17, 15) is 4.79 Å². The van der Waals surface area contributed by atoms with Crippen LogP contribution in [-0.2, 0) is 16.8 Å². The van der Waals surface area contributed by atoms with Crippen molar-refractivity contribution in [2.75, 3.05) is 7.11 Å². The van der Waals surface area contributed by atoms with Crippen molar-refractivity contribution in [3.8, 4) is 22.9 Å². The van der Waals surface area contributed by atoms with E-state index in [1.165, 1.54) is 5.56 Å². The molecule has 0 saturated carbocycles. The predicted octanol–water partition coefficient (Wildman–Crippen LogP) is 4.52. The molecule has 1 atom stereocenters. The lowest BCUT2D eigenvalue weighted by Gasteiger charge is -2.20. The number of aromatic nitrogens is 2. The van der Waals surface area contributed by atoms with Gasteiger partial charge in [-0.1, -0.05) is 45.0 Å². The molecule has 3 aromatic rings. The number of amides is 1. The highest BCUT2D eigenvalue weighted by Gasteiger charge is 2.20. The monoisotopic (exact) mass is 423 g/mol. The minimum absolute atomic E-state index is 0.0643. The van der Waals surface area contributed by atoms with Crippen LogP contribution in [0.1, 0.15) is 45.6 Å². The van der Waals surface area contributed by atoms with Crippen LogP contribution >= 0.6 is 0 Å². The number of carbonyl (C=O) groups is 1. The van der Waals surface area contributed by atoms with E-state index in [2.05, 4.69) is 36.2 Å². The van der Waals surface area contributed by atoms with E-state index in [-0.39, 0.29) is 17.9 Å². The van der Waals surface area contributed by atoms with Crippen LogP contribution < -0.4 is 14.8 Å². The Kier molecular flexibility index (Phi) is 6.95. The fourth-order valence-electron chi connectivity index (χ4n) is 2.98. The SMILES string of the molecule is CC[C@H](Oc1ccc(C(C)(C)C)cc1)C(=O)NCc1nc(-c2ccc(OC)cc2)no1. The summed E-state index contributed by atoms with van der Waals surface area (Å²) in [5.74, 6) is 1.96. The normalized spacial score (nSPS) is 12.3. The van der Waals surface area contributed by atoms with E-state index in [4.69, 9.17) is 14.0 Å². The number of hydrogen-bond donors (Lipinski definition) is 1. The van der Waals surface area contributed by atoms with Gasteiger partial charge in [0.1, 0.15) is 11.5 Å². The number of hydrogen-bond acceptors (Lipinski definition) is 6. The molecule has 164 valence electrons. The quantitative estimate of drug-likeness (QED) is 0.573. The molecule has 0 aliphatic heterocycles. The van der Waals surface area contributed by atoms with Crippen molar-refractivity contribution in [3.05, 3.63) is 60.0 Å². The van der Waals surface area contributed by atoms with Crippen LogP contribution in [0.15, 0.2) is 53.1 Å². The van der Waals surface area contributed by atoms with Gasteiger partial charge in [0.2, 0.25) is 11.7 Å². The Hall–Kier alpha value is -3.35. The van der Waals surface area contributed by atoms with Gasteiger partial charge in [0.15, 0.2) is 6.10 Å². The van der Waals surface area contributed by atoms with Crippen LogP contribution in [0, 0.1) is 0 Å². The molecule has 0 aliphatic carbocycles. The van der Waals surface area contributed by atoms with Gasteiger partial charge >= 0.3 is 0 Å². The van der Waals surface area contributed by atoms with E-state index in [1.807, 2.05) is 55.5 Å². The third kappa shape index (κ3) is 5.84. The van der Waals surface area contributed by atoms with E-state index < -0.39 is 6.10 Å². The molecule has 3 rings (SSSR count). The summed E-state index contributed by atoms with van der Waals surface area (Å²) < 4.78 is 16.3. The standard InChI is InChI=1S/C24H29N3O4/c1-6-20(30-19-13-9-17(10-14-19)24(2,3)4)23(28)25-15-21-26-22(27-31-21)16-7-11-18(29-5)12-8-16/h7-14,20H,6,15H2,1-5H3,(H,25,28)/t20-/m0/s1. The van der Waals surface area contributed by atoms with Gasteiger partial charge in [0.25, 0.3) is 5.91 Å². The maximum Gasteiger partial charge on any atom is 0.261 e. The van der Waals surface area contributed by atoms with Gasteiger partial charge in [-0.15, -0.1) is 0 Å². The van der Waals surface area contributed by atoms with Gasteiger partial charge in [0.05, 0.1) is 13.7 Å². The number of benzene rings is 2. The molecule has 0 fully saturated rings. The van der Waals surface area contributed by atoms with Crippen LogP contribution in [-0.4, -0.2) is 29.3 Å². The van der Waals surface area contributed by atoms with E-state index in [0.29, 0.717) is 23.9 Å². The zero-order chi connectivity index (χ0) is 22.4. The van der Waals surface area contributed by atoms with Crippen LogP contribution in [0.3, 0.4) is 0 Å². The zero-order valence-corrected chi connectivity index (χ0v) is 18.6. The molecule has 0 bridgehead atoms. The van der Waals surface area contributed by atoms with Crippen LogP contribution in [0.5, 0.6) is 11.5 Å². The lowest BCUT2D eigenvalue weighted by Crippen LogP contribution is -2.37. The molecule has 31 heavy (non-hydrogen) atoms. The van der Waals surface area contributed by atoms with Gasteiger partial charge in [-0.05, 0) is 53.8 Å². The highest BCUT2D eigenvalue weighted by atomic mass is 16.5. The Morgan fingerprint density at radius 2 is 1.71 bits per heavy atom. The highest BCUT2D eigenvalue weighted by molar-refractivity contribution is 5.81. The summed E-state index contributed by atoms with van der Waals surface area (Å²) in [4.78, 5) is 16.9. The Labute approximate surface area is 182 Å². The maximum atomic E-state index is 12.6. The molecule has 1 N–H and O–H groups in total. The fraction of sp³-hybridized carbons (Fsp3) is 0.375. The maximum absolute atomic E-state index is 12.6. The Morgan fingerprint density at radius 3 is 2.29 bits per heavy atom. The second-order valence-electron chi connectivity index (χ2n) is 8.25. The van der Waals surface area contributed by atoms with Crippen LogP contribution in [0.2, 0.25) is 0 Å². The van der Waals surface area contributed by atoms with Crippen molar-refractivity contribution in [3.63, 3.8) is 0 Å². The molecule has 7 heteroatoms. The lowest BCUT2D eigenvalue weighted by atomic mass is 9.87. The van der Waals surface area contributed by atoms with Crippen molar-refractivity contribution in [1.29, 1.82) is 0 Å². The average Bonchev–Trinajstić information content (AvgIpc) is 3.24. The minimum atomic E-state index is -0.607. The molecule has 0 radical (unpaired) electrons. The van der Waals surface area contributed by atoms with Crippen LogP contribution in [0.25, 0.3) is 11.4 Å². The second kappa shape index (κ2) is 9.64. The van der Waals surface area contributed by atoms with Gasteiger partial charge < -0.3 is 19.3 Å². The molecule has 0 unspecified atom stereocenters. The summed E-state index contributed by atoms with van der Waals surface area (Å²) in [6, 6.07) is 15.2. The average molecular weight is 424 g/mol. The van der Waals surface area contributed by atoms with Crippen molar-refractivity contribution in [1.82, 2.24) is 15.5 Å². The Bertz CT molecular complexity index is 989. The molecule has 1 aromatic heterocycles. The summed E-state index contributed by atoms with van der Waals surface area (Å²) in [6.07, 6.45) is -0.0715. The van der Waals surface area contributed by atoms with Gasteiger partial charge in [0, 0.05) is 5.56 Å². The van der Waals surface area contributed by atoms with E-state index in [0.717, 1.165) is 11.3 Å². The molecule has 1 amide bonds. The number of ether oxygens (including phenoxy) is 2. The largest absolute Gasteiger partial charge is 0.497 e. The first kappa shape index (κ1) is 22.3. The summed E-state index contributed by atoms with van der Waals surface area (Å²) >= 11 is 0. The second-order valence-corrected chi connectivity index (χ2v) is 8.25. The number of carbonyl (C=O) groups excluding carboxylic acids is 1. The first-order valence-corrected chi connectivity index (χ1v) is 10.3. The molecular weight excluding hydrogens is 394 g/mol. The van der Waals surface area contributed by atoms with Gasteiger partial charge in [-0.25, -0.2) is 0 Å². The van der Waals surface area contributed by atoms with Crippen molar-refractivity contribution < 1.29 is 18.8 Å². The van der Waals surface area contributed by atoms with Crippen LogP contribution in [0.4, 0.5) is 0 Å².